The summed E-state index contributed by atoms with van der Waals surface area (Å²) in [6.45, 7) is 4.60. The quantitative estimate of drug-likeness (QED) is 0.716. The van der Waals surface area contributed by atoms with Crippen molar-refractivity contribution < 1.29 is 9.59 Å². The second-order valence-corrected chi connectivity index (χ2v) is 7.13. The lowest BCUT2D eigenvalue weighted by molar-refractivity contribution is -0.139. The summed E-state index contributed by atoms with van der Waals surface area (Å²) >= 11 is 12.0. The molecule has 2 rings (SSSR count). The number of hydrogen-bond acceptors (Lipinski definition) is 2. The fraction of sp³-hybridized carbons (Fsp3) is 0.333. The van der Waals surface area contributed by atoms with Crippen LogP contribution in [0.15, 0.2) is 48.5 Å². The Morgan fingerprint density at radius 1 is 1.04 bits per heavy atom. The van der Waals surface area contributed by atoms with Gasteiger partial charge in [-0.3, -0.25) is 9.59 Å². The van der Waals surface area contributed by atoms with E-state index in [4.69, 9.17) is 23.2 Å². The van der Waals surface area contributed by atoms with E-state index in [2.05, 4.69) is 5.32 Å². The number of likely N-dealkylation sites (N-methyl/N-ethyl adjacent to an activating group) is 1. The predicted octanol–water partition coefficient (Wildman–Crippen LogP) is 4.13. The van der Waals surface area contributed by atoms with Gasteiger partial charge in [0.15, 0.2) is 0 Å². The molecule has 2 aromatic rings. The predicted molar refractivity (Wildman–Crippen MR) is 110 cm³/mol. The minimum Gasteiger partial charge on any atom is -0.355 e. The number of nitrogens with one attached hydrogen (secondary N) is 1. The minimum atomic E-state index is -0.552. The van der Waals surface area contributed by atoms with Gasteiger partial charge in [-0.15, -0.1) is 0 Å². The Morgan fingerprint density at radius 2 is 1.74 bits per heavy atom. The maximum atomic E-state index is 13.0. The first-order valence-electron chi connectivity index (χ1n) is 8.97. The highest BCUT2D eigenvalue weighted by molar-refractivity contribution is 6.42. The van der Waals surface area contributed by atoms with Crippen LogP contribution in [0.3, 0.4) is 0 Å². The van der Waals surface area contributed by atoms with Crippen LogP contribution in [0.5, 0.6) is 0 Å². The molecule has 0 unspecified atom stereocenters. The van der Waals surface area contributed by atoms with Crippen LogP contribution >= 0.6 is 23.2 Å². The number of halogens is 2. The van der Waals surface area contributed by atoms with Gasteiger partial charge in [-0.25, -0.2) is 0 Å². The van der Waals surface area contributed by atoms with Crippen LogP contribution in [0, 0.1) is 0 Å². The van der Waals surface area contributed by atoms with Crippen LogP contribution in [-0.2, 0) is 22.4 Å². The maximum Gasteiger partial charge on any atom is 0.242 e. The molecule has 1 N–H and O–H groups in total. The summed E-state index contributed by atoms with van der Waals surface area (Å²) in [5.74, 6) is -0.281. The zero-order valence-corrected chi connectivity index (χ0v) is 17.1. The summed E-state index contributed by atoms with van der Waals surface area (Å²) in [5.41, 5.74) is 1.88. The molecule has 0 heterocycles. The number of hydrogen-bond donors (Lipinski definition) is 1. The number of nitrogens with zero attached hydrogens (tertiary/aromatic N) is 1. The molecule has 6 heteroatoms. The van der Waals surface area contributed by atoms with Gasteiger partial charge in [0.2, 0.25) is 11.8 Å². The SMILES string of the molecule is CCNC(=O)[C@@H](C)N(CCc1ccccc1)C(=O)Cc1ccc(Cl)c(Cl)c1. The Hall–Kier alpha value is -2.04. The normalized spacial score (nSPS) is 11.7. The Bertz CT molecular complexity index is 781. The van der Waals surface area contributed by atoms with E-state index < -0.39 is 6.04 Å². The number of benzene rings is 2. The molecule has 0 radical (unpaired) electrons. The second-order valence-electron chi connectivity index (χ2n) is 6.32. The first kappa shape index (κ1) is 21.3. The van der Waals surface area contributed by atoms with Gasteiger partial charge in [0.1, 0.15) is 6.04 Å². The van der Waals surface area contributed by atoms with Gasteiger partial charge in [-0.1, -0.05) is 59.6 Å². The van der Waals surface area contributed by atoms with Crippen molar-refractivity contribution in [2.45, 2.75) is 32.7 Å². The number of carbonyl (C=O) groups excluding carboxylic acids is 2. The lowest BCUT2D eigenvalue weighted by atomic mass is 10.1. The average Bonchev–Trinajstić information content (AvgIpc) is 2.65. The Balaban J connectivity index is 2.14. The zero-order chi connectivity index (χ0) is 19.8. The highest BCUT2D eigenvalue weighted by atomic mass is 35.5. The van der Waals surface area contributed by atoms with Crippen molar-refractivity contribution in [3.8, 4) is 0 Å². The molecule has 2 amide bonds. The molecule has 1 atom stereocenters. The molecule has 2 aromatic carbocycles. The van der Waals surface area contributed by atoms with Crippen molar-refractivity contribution in [2.75, 3.05) is 13.1 Å². The van der Waals surface area contributed by atoms with Crippen molar-refractivity contribution in [3.05, 3.63) is 69.7 Å². The molecule has 27 heavy (non-hydrogen) atoms. The highest BCUT2D eigenvalue weighted by Crippen LogP contribution is 2.23. The molecule has 0 aliphatic rings. The summed E-state index contributed by atoms with van der Waals surface area (Å²) in [6.07, 6.45) is 0.840. The summed E-state index contributed by atoms with van der Waals surface area (Å²) < 4.78 is 0. The fourth-order valence-electron chi connectivity index (χ4n) is 2.82. The third-order valence-electron chi connectivity index (χ3n) is 4.34. The van der Waals surface area contributed by atoms with Gasteiger partial charge in [0.05, 0.1) is 16.5 Å². The standard InChI is InChI=1S/C21H24Cl2N2O2/c1-3-24-21(27)15(2)25(12-11-16-7-5-4-6-8-16)20(26)14-17-9-10-18(22)19(23)13-17/h4-10,13,15H,3,11-12,14H2,1-2H3,(H,24,27)/t15-/m1/s1. The minimum absolute atomic E-state index is 0.122. The monoisotopic (exact) mass is 406 g/mol. The lowest BCUT2D eigenvalue weighted by Gasteiger charge is -2.28. The molecule has 0 bridgehead atoms. The van der Waals surface area contributed by atoms with E-state index in [-0.39, 0.29) is 18.2 Å². The number of amides is 2. The van der Waals surface area contributed by atoms with Crippen molar-refractivity contribution in [1.82, 2.24) is 10.2 Å². The molecule has 0 fully saturated rings. The summed E-state index contributed by atoms with van der Waals surface area (Å²) in [6, 6.07) is 14.5. The van der Waals surface area contributed by atoms with Crippen molar-refractivity contribution in [1.29, 1.82) is 0 Å². The van der Waals surface area contributed by atoms with E-state index in [0.29, 0.717) is 29.6 Å². The maximum absolute atomic E-state index is 13.0. The van der Waals surface area contributed by atoms with E-state index in [1.807, 2.05) is 37.3 Å². The van der Waals surface area contributed by atoms with E-state index in [9.17, 15) is 9.59 Å². The summed E-state index contributed by atoms with van der Waals surface area (Å²) in [4.78, 5) is 26.9. The van der Waals surface area contributed by atoms with Crippen molar-refractivity contribution in [2.24, 2.45) is 0 Å². The van der Waals surface area contributed by atoms with Gasteiger partial charge >= 0.3 is 0 Å². The van der Waals surface area contributed by atoms with Gasteiger partial charge in [-0.05, 0) is 43.5 Å². The first-order valence-corrected chi connectivity index (χ1v) is 9.73. The van der Waals surface area contributed by atoms with Crippen molar-refractivity contribution in [3.63, 3.8) is 0 Å². The Labute approximate surface area is 170 Å². The molecule has 0 aliphatic carbocycles. The van der Waals surface area contributed by atoms with Gasteiger partial charge in [-0.2, -0.15) is 0 Å². The van der Waals surface area contributed by atoms with Crippen LogP contribution in [0.2, 0.25) is 10.0 Å². The molecular weight excluding hydrogens is 383 g/mol. The van der Waals surface area contributed by atoms with Crippen LogP contribution in [0.4, 0.5) is 0 Å². The van der Waals surface area contributed by atoms with Crippen LogP contribution in [0.1, 0.15) is 25.0 Å². The highest BCUT2D eigenvalue weighted by Gasteiger charge is 2.25. The topological polar surface area (TPSA) is 49.4 Å². The molecule has 0 saturated carbocycles. The molecule has 0 aliphatic heterocycles. The van der Waals surface area contributed by atoms with Crippen LogP contribution in [-0.4, -0.2) is 35.8 Å². The Kier molecular flexibility index (Phi) is 8.14. The molecule has 144 valence electrons. The van der Waals surface area contributed by atoms with E-state index in [0.717, 1.165) is 11.1 Å². The van der Waals surface area contributed by atoms with Gasteiger partial charge in [0, 0.05) is 13.1 Å². The Morgan fingerprint density at radius 3 is 2.37 bits per heavy atom. The van der Waals surface area contributed by atoms with Gasteiger partial charge in [0.25, 0.3) is 0 Å². The first-order chi connectivity index (χ1) is 12.9. The summed E-state index contributed by atoms with van der Waals surface area (Å²) in [7, 11) is 0. The van der Waals surface area contributed by atoms with Crippen molar-refractivity contribution >= 4 is 35.0 Å². The third-order valence-corrected chi connectivity index (χ3v) is 5.08. The van der Waals surface area contributed by atoms with E-state index in [1.54, 1.807) is 30.0 Å². The van der Waals surface area contributed by atoms with Gasteiger partial charge < -0.3 is 10.2 Å². The van der Waals surface area contributed by atoms with E-state index in [1.165, 1.54) is 0 Å². The summed E-state index contributed by atoms with van der Waals surface area (Å²) in [5, 5.41) is 3.65. The molecule has 0 aromatic heterocycles. The number of rotatable bonds is 8. The third kappa shape index (κ3) is 6.26. The lowest BCUT2D eigenvalue weighted by Crippen LogP contribution is -2.49. The molecule has 4 nitrogen and oxygen atoms in total. The molecule has 0 spiro atoms. The number of carbonyl (C=O) groups is 2. The largest absolute Gasteiger partial charge is 0.355 e. The molecular formula is C21H24Cl2N2O2. The average molecular weight is 407 g/mol. The smallest absolute Gasteiger partial charge is 0.242 e. The second kappa shape index (κ2) is 10.3. The molecule has 0 saturated heterocycles. The zero-order valence-electron chi connectivity index (χ0n) is 15.5. The van der Waals surface area contributed by atoms with Crippen LogP contribution in [0.25, 0.3) is 0 Å². The van der Waals surface area contributed by atoms with Crippen LogP contribution < -0.4 is 5.32 Å². The van der Waals surface area contributed by atoms with E-state index >= 15 is 0 Å². The fourth-order valence-corrected chi connectivity index (χ4v) is 3.14.